The van der Waals surface area contributed by atoms with E-state index in [1.165, 1.54) is 17.7 Å². The zero-order valence-electron chi connectivity index (χ0n) is 10.9. The van der Waals surface area contributed by atoms with Crippen molar-refractivity contribution in [1.29, 1.82) is 0 Å². The molecule has 1 saturated carbocycles. The standard InChI is InChI=1S/C14H21NO2S/c1-11-6-7-14(18-11)13(17)10-15(8-9-16)12-4-2-3-5-12/h6-7,12,16H,2-5,8-10H2,1H3. The summed E-state index contributed by atoms with van der Waals surface area (Å²) in [6.07, 6.45) is 4.82. The molecule has 18 heavy (non-hydrogen) atoms. The molecule has 4 heteroatoms. The van der Waals surface area contributed by atoms with E-state index in [0.717, 1.165) is 17.7 Å². The summed E-state index contributed by atoms with van der Waals surface area (Å²) in [7, 11) is 0. The Kier molecular flexibility index (Phi) is 4.92. The lowest BCUT2D eigenvalue weighted by Gasteiger charge is -2.27. The second-order valence-corrected chi connectivity index (χ2v) is 6.25. The van der Waals surface area contributed by atoms with Gasteiger partial charge in [-0.25, -0.2) is 0 Å². The molecule has 0 bridgehead atoms. The first-order chi connectivity index (χ1) is 8.70. The first-order valence-electron chi connectivity index (χ1n) is 6.65. The van der Waals surface area contributed by atoms with Crippen molar-refractivity contribution in [2.24, 2.45) is 0 Å². The van der Waals surface area contributed by atoms with E-state index in [1.807, 2.05) is 19.1 Å². The highest BCUT2D eigenvalue weighted by atomic mass is 32.1. The monoisotopic (exact) mass is 267 g/mol. The molecule has 0 saturated heterocycles. The third-order valence-electron chi connectivity index (χ3n) is 3.59. The summed E-state index contributed by atoms with van der Waals surface area (Å²) in [6.45, 7) is 3.21. The maximum Gasteiger partial charge on any atom is 0.186 e. The minimum absolute atomic E-state index is 0.132. The van der Waals surface area contributed by atoms with Crippen LogP contribution in [0.25, 0.3) is 0 Å². The number of Topliss-reactive ketones (excluding diaryl/α,β-unsaturated/α-hetero) is 1. The number of nitrogens with zero attached hydrogens (tertiary/aromatic N) is 1. The zero-order valence-corrected chi connectivity index (χ0v) is 11.7. The Morgan fingerprint density at radius 2 is 2.17 bits per heavy atom. The van der Waals surface area contributed by atoms with Gasteiger partial charge in [-0.15, -0.1) is 11.3 Å². The topological polar surface area (TPSA) is 40.5 Å². The largest absolute Gasteiger partial charge is 0.395 e. The number of aryl methyl sites for hydroxylation is 1. The molecule has 1 aliphatic rings. The van der Waals surface area contributed by atoms with Gasteiger partial charge in [0.1, 0.15) is 0 Å². The van der Waals surface area contributed by atoms with Gasteiger partial charge in [0, 0.05) is 17.5 Å². The van der Waals surface area contributed by atoms with Crippen LogP contribution in [0.15, 0.2) is 12.1 Å². The van der Waals surface area contributed by atoms with E-state index >= 15 is 0 Å². The molecule has 0 unspecified atom stereocenters. The van der Waals surface area contributed by atoms with E-state index in [1.54, 1.807) is 11.3 Å². The number of aliphatic hydroxyl groups is 1. The minimum Gasteiger partial charge on any atom is -0.395 e. The molecular weight excluding hydrogens is 246 g/mol. The average Bonchev–Trinajstić information content (AvgIpc) is 2.98. The number of carbonyl (C=O) groups is 1. The second-order valence-electron chi connectivity index (χ2n) is 4.97. The highest BCUT2D eigenvalue weighted by Crippen LogP contribution is 2.24. The minimum atomic E-state index is 0.132. The fourth-order valence-corrected chi connectivity index (χ4v) is 3.43. The molecular formula is C14H21NO2S. The summed E-state index contributed by atoms with van der Waals surface area (Å²) in [5, 5.41) is 9.13. The molecule has 1 aromatic heterocycles. The predicted octanol–water partition coefficient (Wildman–Crippen LogP) is 2.48. The van der Waals surface area contributed by atoms with Crippen LogP contribution in [-0.4, -0.2) is 41.5 Å². The smallest absolute Gasteiger partial charge is 0.186 e. The summed E-state index contributed by atoms with van der Waals surface area (Å²) in [6, 6.07) is 4.39. The fourth-order valence-electron chi connectivity index (χ4n) is 2.64. The van der Waals surface area contributed by atoms with E-state index in [4.69, 9.17) is 5.11 Å². The molecule has 0 aromatic carbocycles. The normalized spacial score (nSPS) is 16.6. The molecule has 1 fully saturated rings. The Morgan fingerprint density at radius 1 is 1.44 bits per heavy atom. The summed E-state index contributed by atoms with van der Waals surface area (Å²) in [5.41, 5.74) is 0. The van der Waals surface area contributed by atoms with Crippen molar-refractivity contribution in [2.75, 3.05) is 19.7 Å². The number of ketones is 1. The average molecular weight is 267 g/mol. The van der Waals surface area contributed by atoms with Gasteiger partial charge in [0.15, 0.2) is 5.78 Å². The molecule has 3 nitrogen and oxygen atoms in total. The molecule has 2 rings (SSSR count). The third-order valence-corrected chi connectivity index (χ3v) is 4.63. The number of carbonyl (C=O) groups excluding carboxylic acids is 1. The molecule has 100 valence electrons. The van der Waals surface area contributed by atoms with Crippen molar-refractivity contribution in [3.8, 4) is 0 Å². The Morgan fingerprint density at radius 3 is 2.72 bits per heavy atom. The molecule has 0 radical (unpaired) electrons. The predicted molar refractivity (Wildman–Crippen MR) is 74.3 cm³/mol. The van der Waals surface area contributed by atoms with Crippen LogP contribution >= 0.6 is 11.3 Å². The molecule has 0 atom stereocenters. The van der Waals surface area contributed by atoms with Gasteiger partial charge in [0.25, 0.3) is 0 Å². The fraction of sp³-hybridized carbons (Fsp3) is 0.643. The second kappa shape index (κ2) is 6.45. The Balaban J connectivity index is 1.97. The van der Waals surface area contributed by atoms with Crippen molar-refractivity contribution < 1.29 is 9.90 Å². The first kappa shape index (κ1) is 13.7. The lowest BCUT2D eigenvalue weighted by molar-refractivity contribution is 0.0866. The summed E-state index contributed by atoms with van der Waals surface area (Å²) in [4.78, 5) is 16.4. The van der Waals surface area contributed by atoms with Crippen molar-refractivity contribution in [3.63, 3.8) is 0 Å². The molecule has 0 spiro atoms. The van der Waals surface area contributed by atoms with Gasteiger partial charge in [-0.2, -0.15) is 0 Å². The van der Waals surface area contributed by atoms with Crippen LogP contribution < -0.4 is 0 Å². The molecule has 1 aromatic rings. The SMILES string of the molecule is Cc1ccc(C(=O)CN(CCO)C2CCCC2)s1. The lowest BCUT2D eigenvalue weighted by atomic mass is 10.2. The number of rotatable bonds is 6. The maximum absolute atomic E-state index is 12.2. The third kappa shape index (κ3) is 3.40. The molecule has 1 heterocycles. The van der Waals surface area contributed by atoms with E-state index < -0.39 is 0 Å². The van der Waals surface area contributed by atoms with Crippen LogP contribution in [0.1, 0.15) is 40.2 Å². The molecule has 0 aliphatic heterocycles. The van der Waals surface area contributed by atoms with Crippen LogP contribution in [0.2, 0.25) is 0 Å². The van der Waals surface area contributed by atoms with Crippen LogP contribution in [0.5, 0.6) is 0 Å². The highest BCUT2D eigenvalue weighted by molar-refractivity contribution is 7.14. The van der Waals surface area contributed by atoms with Crippen LogP contribution in [0.4, 0.5) is 0 Å². The van der Waals surface area contributed by atoms with Crippen molar-refractivity contribution in [1.82, 2.24) is 4.90 Å². The van der Waals surface area contributed by atoms with E-state index in [9.17, 15) is 4.79 Å². The number of hydrogen-bond acceptors (Lipinski definition) is 4. The Hall–Kier alpha value is -0.710. The summed E-state index contributed by atoms with van der Waals surface area (Å²) < 4.78 is 0. The van der Waals surface area contributed by atoms with Gasteiger partial charge >= 0.3 is 0 Å². The molecule has 0 amide bonds. The number of thiophene rings is 1. The Labute approximate surface area is 112 Å². The van der Waals surface area contributed by atoms with Crippen molar-refractivity contribution in [2.45, 2.75) is 38.6 Å². The first-order valence-corrected chi connectivity index (χ1v) is 7.47. The van der Waals surface area contributed by atoms with E-state index in [0.29, 0.717) is 19.1 Å². The van der Waals surface area contributed by atoms with Crippen molar-refractivity contribution in [3.05, 3.63) is 21.9 Å². The van der Waals surface area contributed by atoms with E-state index in [2.05, 4.69) is 4.90 Å². The van der Waals surface area contributed by atoms with Gasteiger partial charge in [0.2, 0.25) is 0 Å². The quantitative estimate of drug-likeness (QED) is 0.805. The summed E-state index contributed by atoms with van der Waals surface area (Å²) in [5.74, 6) is 0.188. The molecule has 1 N–H and O–H groups in total. The highest BCUT2D eigenvalue weighted by Gasteiger charge is 2.24. The number of aliphatic hydroxyl groups excluding tert-OH is 1. The van der Waals surface area contributed by atoms with Crippen LogP contribution in [-0.2, 0) is 0 Å². The van der Waals surface area contributed by atoms with E-state index in [-0.39, 0.29) is 12.4 Å². The van der Waals surface area contributed by atoms with Gasteiger partial charge in [-0.1, -0.05) is 12.8 Å². The van der Waals surface area contributed by atoms with Crippen molar-refractivity contribution >= 4 is 17.1 Å². The van der Waals surface area contributed by atoms with Crippen LogP contribution in [0, 0.1) is 6.92 Å². The lowest BCUT2D eigenvalue weighted by Crippen LogP contribution is -2.39. The van der Waals surface area contributed by atoms with Gasteiger partial charge in [-0.05, 0) is 31.9 Å². The zero-order chi connectivity index (χ0) is 13.0. The maximum atomic E-state index is 12.2. The molecule has 1 aliphatic carbocycles. The van der Waals surface area contributed by atoms with Crippen LogP contribution in [0.3, 0.4) is 0 Å². The summed E-state index contributed by atoms with van der Waals surface area (Å²) >= 11 is 1.56. The number of hydrogen-bond donors (Lipinski definition) is 1. The van der Waals surface area contributed by atoms with Gasteiger partial charge in [0.05, 0.1) is 18.0 Å². The van der Waals surface area contributed by atoms with Gasteiger partial charge < -0.3 is 5.11 Å². The Bertz CT molecular complexity index is 396. The van der Waals surface area contributed by atoms with Gasteiger partial charge in [-0.3, -0.25) is 9.69 Å².